The van der Waals surface area contributed by atoms with Crippen molar-refractivity contribution in [2.75, 3.05) is 7.11 Å². The summed E-state index contributed by atoms with van der Waals surface area (Å²) >= 11 is 1.18. The van der Waals surface area contributed by atoms with Crippen molar-refractivity contribution in [2.24, 2.45) is 0 Å². The average molecular weight is 338 g/mol. The Hall–Kier alpha value is -2.42. The fraction of sp³-hybridized carbons (Fsp3) is 0.214. The normalized spacial score (nSPS) is 11.3. The molecule has 0 fully saturated rings. The van der Waals surface area contributed by atoms with Gasteiger partial charge in [0.25, 0.3) is 0 Å². The minimum Gasteiger partial charge on any atom is -0.464 e. The predicted octanol–water partition coefficient (Wildman–Crippen LogP) is 3.23. The first-order valence-electron chi connectivity index (χ1n) is 6.60. The fourth-order valence-corrected chi connectivity index (χ4v) is 2.92. The number of H-pyrrole nitrogens is 1. The van der Waals surface area contributed by atoms with E-state index in [9.17, 15) is 13.6 Å². The number of aromatic nitrogens is 4. The monoisotopic (exact) mass is 338 g/mol. The predicted molar refractivity (Wildman–Crippen MR) is 80.5 cm³/mol. The number of halogens is 2. The Balaban J connectivity index is 1.83. The molecule has 1 N–H and O–H groups in total. The topological polar surface area (TPSA) is 72.8 Å². The van der Waals surface area contributed by atoms with Crippen molar-refractivity contribution in [2.45, 2.75) is 17.5 Å². The van der Waals surface area contributed by atoms with Gasteiger partial charge in [0.1, 0.15) is 11.5 Å². The molecule has 0 atom stereocenters. The van der Waals surface area contributed by atoms with Crippen LogP contribution in [-0.4, -0.2) is 32.6 Å². The second-order valence-electron chi connectivity index (χ2n) is 4.55. The van der Waals surface area contributed by atoms with Gasteiger partial charge in [-0.15, -0.1) is 0 Å². The molecule has 0 radical (unpaired) electrons. The van der Waals surface area contributed by atoms with Gasteiger partial charge in [0.05, 0.1) is 30.1 Å². The van der Waals surface area contributed by atoms with E-state index in [1.54, 1.807) is 24.3 Å². The Morgan fingerprint density at radius 2 is 2.22 bits per heavy atom. The van der Waals surface area contributed by atoms with E-state index in [1.807, 2.05) is 0 Å². The highest BCUT2D eigenvalue weighted by molar-refractivity contribution is 7.98. The van der Waals surface area contributed by atoms with Gasteiger partial charge in [-0.2, -0.15) is 8.78 Å². The summed E-state index contributed by atoms with van der Waals surface area (Å²) in [5.74, 6) is -0.112. The van der Waals surface area contributed by atoms with E-state index in [2.05, 4.69) is 19.7 Å². The van der Waals surface area contributed by atoms with Crippen molar-refractivity contribution in [1.82, 2.24) is 19.5 Å². The number of imidazole rings is 2. The van der Waals surface area contributed by atoms with Crippen molar-refractivity contribution in [3.8, 4) is 0 Å². The number of nitrogens with one attached hydrogen (secondary N) is 1. The minimum atomic E-state index is -2.68. The molecule has 3 aromatic rings. The van der Waals surface area contributed by atoms with E-state index < -0.39 is 12.5 Å². The maximum absolute atomic E-state index is 13.3. The highest BCUT2D eigenvalue weighted by Crippen LogP contribution is 2.27. The zero-order chi connectivity index (χ0) is 16.4. The van der Waals surface area contributed by atoms with E-state index in [4.69, 9.17) is 0 Å². The lowest BCUT2D eigenvalue weighted by Crippen LogP contribution is -2.03. The van der Waals surface area contributed by atoms with Crippen LogP contribution in [0.2, 0.25) is 0 Å². The van der Waals surface area contributed by atoms with Crippen molar-refractivity contribution in [3.05, 3.63) is 42.0 Å². The number of para-hydroxylation sites is 2. The largest absolute Gasteiger partial charge is 0.464 e. The van der Waals surface area contributed by atoms with Crippen LogP contribution < -0.4 is 0 Å². The molecule has 0 aliphatic rings. The van der Waals surface area contributed by atoms with Gasteiger partial charge >= 0.3 is 12.5 Å². The van der Waals surface area contributed by atoms with Crippen LogP contribution in [0.15, 0.2) is 35.6 Å². The van der Waals surface area contributed by atoms with Gasteiger partial charge in [0.2, 0.25) is 0 Å². The Labute approximate surface area is 133 Å². The molecule has 1 aromatic carbocycles. The molecular formula is C14H12F2N4O2S. The first-order valence-corrected chi connectivity index (χ1v) is 7.59. The number of carbonyl (C=O) groups excluding carboxylic acids is 1. The van der Waals surface area contributed by atoms with Crippen LogP contribution in [0.4, 0.5) is 8.78 Å². The van der Waals surface area contributed by atoms with Crippen LogP contribution >= 0.6 is 11.8 Å². The van der Waals surface area contributed by atoms with Crippen molar-refractivity contribution >= 4 is 28.8 Å². The molecular weight excluding hydrogens is 326 g/mol. The first kappa shape index (κ1) is 15.5. The number of ether oxygens (including phenoxy) is 1. The summed E-state index contributed by atoms with van der Waals surface area (Å²) in [5, 5.41) is 0.429. The van der Waals surface area contributed by atoms with E-state index >= 15 is 0 Å². The zero-order valence-corrected chi connectivity index (χ0v) is 12.8. The maximum Gasteiger partial charge on any atom is 0.356 e. The molecule has 2 heterocycles. The zero-order valence-electron chi connectivity index (χ0n) is 12.0. The Morgan fingerprint density at radius 3 is 2.96 bits per heavy atom. The Bertz CT molecular complexity index is 846. The molecule has 0 unspecified atom stereocenters. The molecule has 0 aliphatic heterocycles. The van der Waals surface area contributed by atoms with Crippen LogP contribution in [0.3, 0.4) is 0 Å². The number of hydrogen-bond acceptors (Lipinski definition) is 5. The number of carbonyl (C=O) groups is 1. The average Bonchev–Trinajstić information content (AvgIpc) is 3.16. The minimum absolute atomic E-state index is 0.188. The van der Waals surface area contributed by atoms with Gasteiger partial charge in [0, 0.05) is 0 Å². The molecule has 9 heteroatoms. The van der Waals surface area contributed by atoms with Crippen LogP contribution in [0.25, 0.3) is 11.0 Å². The quantitative estimate of drug-likeness (QED) is 0.571. The summed E-state index contributed by atoms with van der Waals surface area (Å²) in [7, 11) is 1.26. The molecule has 23 heavy (non-hydrogen) atoms. The third-order valence-corrected chi connectivity index (χ3v) is 4.04. The smallest absolute Gasteiger partial charge is 0.356 e. The highest BCUT2D eigenvalue weighted by Gasteiger charge is 2.18. The summed E-state index contributed by atoms with van der Waals surface area (Å²) in [4.78, 5) is 22.4. The number of aromatic amines is 1. The summed E-state index contributed by atoms with van der Waals surface area (Å²) in [6.07, 6.45) is 1.34. The number of rotatable bonds is 5. The number of methoxy groups -OCH3 is 1. The van der Waals surface area contributed by atoms with Crippen LogP contribution in [0.1, 0.15) is 22.9 Å². The third-order valence-electron chi connectivity index (χ3n) is 3.16. The van der Waals surface area contributed by atoms with Crippen molar-refractivity contribution < 1.29 is 18.3 Å². The molecule has 2 aromatic heterocycles. The number of fused-ring (bicyclic) bond motifs is 1. The lowest BCUT2D eigenvalue weighted by molar-refractivity contribution is 0.0594. The standard InChI is InChI=1S/C14H12F2N4O2S/c1-22-12(21)9-6-17-14(19-9)23-7-11-18-8-4-2-3-5-10(8)20(11)13(15)16/h2-6,13H,7H2,1H3,(H,17,19). The molecule has 0 saturated heterocycles. The van der Waals surface area contributed by atoms with Crippen molar-refractivity contribution in [3.63, 3.8) is 0 Å². The van der Waals surface area contributed by atoms with Gasteiger partial charge in [-0.05, 0) is 12.1 Å². The SMILES string of the molecule is COC(=O)c1cnc(SCc2nc3ccccc3n2C(F)F)[nH]1. The molecule has 0 aliphatic carbocycles. The first-order chi connectivity index (χ1) is 11.1. The number of nitrogens with zero attached hydrogens (tertiary/aromatic N) is 3. The fourth-order valence-electron chi connectivity index (χ4n) is 2.14. The van der Waals surface area contributed by atoms with E-state index in [-0.39, 0.29) is 17.3 Å². The molecule has 6 nitrogen and oxygen atoms in total. The molecule has 3 rings (SSSR count). The number of thioether (sulfide) groups is 1. The molecule has 120 valence electrons. The molecule has 0 saturated carbocycles. The Morgan fingerprint density at radius 1 is 1.43 bits per heavy atom. The van der Waals surface area contributed by atoms with Gasteiger partial charge in [-0.3, -0.25) is 4.57 Å². The van der Waals surface area contributed by atoms with Crippen molar-refractivity contribution in [1.29, 1.82) is 0 Å². The van der Waals surface area contributed by atoms with Crippen LogP contribution in [-0.2, 0) is 10.5 Å². The summed E-state index contributed by atoms with van der Waals surface area (Å²) < 4.78 is 32.1. The van der Waals surface area contributed by atoms with Gasteiger partial charge in [-0.25, -0.2) is 14.8 Å². The summed E-state index contributed by atoms with van der Waals surface area (Å²) in [5.41, 5.74) is 1.10. The summed E-state index contributed by atoms with van der Waals surface area (Å²) in [6.45, 7) is -2.68. The van der Waals surface area contributed by atoms with E-state index in [0.29, 0.717) is 16.2 Å². The number of benzene rings is 1. The molecule has 0 bridgehead atoms. The second kappa shape index (κ2) is 6.37. The second-order valence-corrected chi connectivity index (χ2v) is 5.51. The Kier molecular flexibility index (Phi) is 4.28. The highest BCUT2D eigenvalue weighted by atomic mass is 32.2. The lowest BCUT2D eigenvalue weighted by atomic mass is 10.3. The van der Waals surface area contributed by atoms with E-state index in [1.165, 1.54) is 25.1 Å². The molecule has 0 spiro atoms. The summed E-state index contributed by atoms with van der Waals surface area (Å²) in [6, 6.07) is 6.72. The van der Waals surface area contributed by atoms with E-state index in [0.717, 1.165) is 4.57 Å². The number of esters is 1. The number of hydrogen-bond donors (Lipinski definition) is 1. The van der Waals surface area contributed by atoms with Gasteiger partial charge < -0.3 is 9.72 Å². The van der Waals surface area contributed by atoms with Crippen LogP contribution in [0, 0.1) is 0 Å². The van der Waals surface area contributed by atoms with Crippen LogP contribution in [0.5, 0.6) is 0 Å². The molecule has 0 amide bonds. The number of alkyl halides is 2. The van der Waals surface area contributed by atoms with Gasteiger partial charge in [0.15, 0.2) is 5.16 Å². The lowest BCUT2D eigenvalue weighted by Gasteiger charge is -2.06. The maximum atomic E-state index is 13.3. The van der Waals surface area contributed by atoms with Gasteiger partial charge in [-0.1, -0.05) is 23.9 Å². The third kappa shape index (κ3) is 3.04.